The third-order valence-electron chi connectivity index (χ3n) is 4.37. The van der Waals surface area contributed by atoms with Crippen molar-refractivity contribution in [3.8, 4) is 0 Å². The summed E-state index contributed by atoms with van der Waals surface area (Å²) in [4.78, 5) is 20.3. The van der Waals surface area contributed by atoms with E-state index < -0.39 is 32.0 Å². The maximum atomic E-state index is 12.8. The molecular weight excluding hydrogens is 490 g/mol. The van der Waals surface area contributed by atoms with E-state index in [4.69, 9.17) is 11.6 Å². The Morgan fingerprint density at radius 3 is 2.21 bits per heavy atom. The van der Waals surface area contributed by atoms with Crippen LogP contribution in [0, 0.1) is 0 Å². The molecule has 0 radical (unpaired) electrons. The van der Waals surface area contributed by atoms with Crippen LogP contribution in [0.25, 0.3) is 0 Å². The SMILES string of the molecule is C[C@H](C(=O)Nc1ccc(S(=O)(=O)Nc2ncccn2)cc1)N(c1cccc(Cl)c1)S(C)(=O)=O. The van der Waals surface area contributed by atoms with E-state index >= 15 is 0 Å². The van der Waals surface area contributed by atoms with Gasteiger partial charge in [-0.05, 0) is 55.5 Å². The molecule has 1 aromatic heterocycles. The number of anilines is 3. The highest BCUT2D eigenvalue weighted by Crippen LogP contribution is 2.25. The first-order valence-corrected chi connectivity index (χ1v) is 13.1. The second-order valence-electron chi connectivity index (χ2n) is 6.91. The zero-order chi connectivity index (χ0) is 24.2. The number of halogens is 1. The number of sulfonamides is 2. The van der Waals surface area contributed by atoms with Gasteiger partial charge >= 0.3 is 0 Å². The van der Waals surface area contributed by atoms with Gasteiger partial charge in [0.15, 0.2) is 0 Å². The van der Waals surface area contributed by atoms with E-state index in [1.165, 1.54) is 55.7 Å². The van der Waals surface area contributed by atoms with Crippen LogP contribution in [0.5, 0.6) is 0 Å². The lowest BCUT2D eigenvalue weighted by atomic mass is 10.2. The fourth-order valence-corrected chi connectivity index (χ4v) is 5.23. The number of benzene rings is 2. The van der Waals surface area contributed by atoms with E-state index in [-0.39, 0.29) is 22.2 Å². The van der Waals surface area contributed by atoms with Gasteiger partial charge in [0.05, 0.1) is 16.8 Å². The monoisotopic (exact) mass is 509 g/mol. The first-order chi connectivity index (χ1) is 15.5. The number of carbonyl (C=O) groups excluding carboxylic acids is 1. The molecule has 0 saturated carbocycles. The highest BCUT2D eigenvalue weighted by atomic mass is 35.5. The second-order valence-corrected chi connectivity index (χ2v) is 10.9. The van der Waals surface area contributed by atoms with E-state index in [0.717, 1.165) is 10.6 Å². The predicted molar refractivity (Wildman–Crippen MR) is 126 cm³/mol. The molecule has 0 unspecified atom stereocenters. The second kappa shape index (κ2) is 9.73. The summed E-state index contributed by atoms with van der Waals surface area (Å²) < 4.78 is 52.9. The van der Waals surface area contributed by atoms with Crippen LogP contribution >= 0.6 is 11.6 Å². The minimum atomic E-state index is -3.94. The Hall–Kier alpha value is -3.22. The van der Waals surface area contributed by atoms with Crippen LogP contribution in [-0.4, -0.2) is 45.0 Å². The number of carbonyl (C=O) groups is 1. The molecule has 2 N–H and O–H groups in total. The molecule has 1 amide bonds. The van der Waals surface area contributed by atoms with Crippen LogP contribution in [0.15, 0.2) is 71.9 Å². The zero-order valence-corrected chi connectivity index (χ0v) is 19.9. The fraction of sp³-hybridized carbons (Fsp3) is 0.150. The topological polar surface area (TPSA) is 138 Å². The minimum Gasteiger partial charge on any atom is -0.324 e. The van der Waals surface area contributed by atoms with Gasteiger partial charge in [-0.25, -0.2) is 31.5 Å². The van der Waals surface area contributed by atoms with Crippen molar-refractivity contribution in [2.75, 3.05) is 20.6 Å². The average Bonchev–Trinajstić information content (AvgIpc) is 2.73. The van der Waals surface area contributed by atoms with Gasteiger partial charge in [0.25, 0.3) is 10.0 Å². The molecule has 3 aromatic rings. The van der Waals surface area contributed by atoms with Gasteiger partial charge in [-0.3, -0.25) is 9.10 Å². The van der Waals surface area contributed by atoms with Gasteiger partial charge in [-0.2, -0.15) is 0 Å². The number of nitrogens with zero attached hydrogens (tertiary/aromatic N) is 3. The maximum Gasteiger partial charge on any atom is 0.264 e. The third-order valence-corrected chi connectivity index (χ3v) is 7.20. The van der Waals surface area contributed by atoms with Gasteiger partial charge in [-0.15, -0.1) is 0 Å². The van der Waals surface area contributed by atoms with E-state index in [1.807, 2.05) is 0 Å². The van der Waals surface area contributed by atoms with Crippen LogP contribution in [0.4, 0.5) is 17.3 Å². The molecule has 1 heterocycles. The summed E-state index contributed by atoms with van der Waals surface area (Å²) in [6.45, 7) is 1.43. The van der Waals surface area contributed by atoms with Crippen molar-refractivity contribution >= 4 is 54.9 Å². The van der Waals surface area contributed by atoms with Crippen molar-refractivity contribution in [1.29, 1.82) is 0 Å². The molecule has 0 aliphatic heterocycles. The molecule has 174 valence electrons. The van der Waals surface area contributed by atoms with Crippen LogP contribution in [0.1, 0.15) is 6.92 Å². The fourth-order valence-electron chi connectivity index (χ4n) is 2.92. The van der Waals surface area contributed by atoms with Gasteiger partial charge in [-0.1, -0.05) is 17.7 Å². The smallest absolute Gasteiger partial charge is 0.264 e. The lowest BCUT2D eigenvalue weighted by molar-refractivity contribution is -0.116. The number of hydrogen-bond acceptors (Lipinski definition) is 7. The lowest BCUT2D eigenvalue weighted by Gasteiger charge is -2.28. The first kappa shape index (κ1) is 24.4. The first-order valence-electron chi connectivity index (χ1n) is 9.43. The summed E-state index contributed by atoms with van der Waals surface area (Å²) >= 11 is 5.97. The highest BCUT2D eigenvalue weighted by Gasteiger charge is 2.29. The molecule has 13 heteroatoms. The molecule has 1 atom stereocenters. The van der Waals surface area contributed by atoms with E-state index in [9.17, 15) is 21.6 Å². The normalized spacial score (nSPS) is 12.6. The summed E-state index contributed by atoms with van der Waals surface area (Å²) in [6.07, 6.45) is 3.78. The predicted octanol–water partition coefficient (Wildman–Crippen LogP) is 2.72. The number of hydrogen-bond donors (Lipinski definition) is 2. The Labute approximate surface area is 196 Å². The van der Waals surface area contributed by atoms with Gasteiger partial charge in [0, 0.05) is 23.1 Å². The Bertz CT molecular complexity index is 1350. The zero-order valence-electron chi connectivity index (χ0n) is 17.5. The van der Waals surface area contributed by atoms with Gasteiger partial charge in [0.1, 0.15) is 6.04 Å². The van der Waals surface area contributed by atoms with Crippen molar-refractivity contribution in [2.24, 2.45) is 0 Å². The molecule has 0 aliphatic rings. The van der Waals surface area contributed by atoms with Crippen LogP contribution in [0.2, 0.25) is 5.02 Å². The Kier molecular flexibility index (Phi) is 7.20. The van der Waals surface area contributed by atoms with Crippen molar-refractivity contribution < 1.29 is 21.6 Å². The van der Waals surface area contributed by atoms with E-state index in [2.05, 4.69) is 20.0 Å². The van der Waals surface area contributed by atoms with Crippen LogP contribution in [0.3, 0.4) is 0 Å². The molecule has 33 heavy (non-hydrogen) atoms. The molecule has 0 saturated heterocycles. The third kappa shape index (κ3) is 6.18. The molecule has 0 spiro atoms. The standard InChI is InChI=1S/C20H20ClN5O5S2/c1-14(26(32(2,28)29)17-6-3-5-15(21)13-17)19(27)24-16-7-9-18(10-8-16)33(30,31)25-20-22-11-4-12-23-20/h3-14H,1-2H3,(H,24,27)(H,22,23,25)/t14-/m1/s1. The highest BCUT2D eigenvalue weighted by molar-refractivity contribution is 7.92. The molecule has 0 aliphatic carbocycles. The summed E-state index contributed by atoms with van der Waals surface area (Å²) in [5.74, 6) is -0.697. The van der Waals surface area contributed by atoms with Crippen LogP contribution in [-0.2, 0) is 24.8 Å². The van der Waals surface area contributed by atoms with Crippen molar-refractivity contribution in [2.45, 2.75) is 17.9 Å². The van der Waals surface area contributed by atoms with Gasteiger partial charge in [0.2, 0.25) is 21.9 Å². The summed E-state index contributed by atoms with van der Waals surface area (Å²) in [5.41, 5.74) is 0.518. The summed E-state index contributed by atoms with van der Waals surface area (Å²) in [5, 5.41) is 2.91. The van der Waals surface area contributed by atoms with Crippen LogP contribution < -0.4 is 14.3 Å². The summed E-state index contributed by atoms with van der Waals surface area (Å²) in [6, 6.07) is 11.9. The molecule has 2 aromatic carbocycles. The number of aromatic nitrogens is 2. The number of amides is 1. The molecule has 0 fully saturated rings. The Balaban J connectivity index is 1.76. The lowest BCUT2D eigenvalue weighted by Crippen LogP contribution is -2.45. The van der Waals surface area contributed by atoms with Gasteiger partial charge < -0.3 is 5.32 Å². The molecule has 0 bridgehead atoms. The Morgan fingerprint density at radius 2 is 1.64 bits per heavy atom. The molecular formula is C20H20ClN5O5S2. The van der Waals surface area contributed by atoms with E-state index in [1.54, 1.807) is 18.2 Å². The largest absolute Gasteiger partial charge is 0.324 e. The minimum absolute atomic E-state index is 0.0716. The number of rotatable bonds is 8. The quantitative estimate of drug-likeness (QED) is 0.476. The molecule has 10 nitrogen and oxygen atoms in total. The maximum absolute atomic E-state index is 12.8. The van der Waals surface area contributed by atoms with Crippen molar-refractivity contribution in [3.63, 3.8) is 0 Å². The Morgan fingerprint density at radius 1 is 1.00 bits per heavy atom. The van der Waals surface area contributed by atoms with E-state index in [0.29, 0.717) is 5.02 Å². The molecule has 3 rings (SSSR count). The number of nitrogens with one attached hydrogen (secondary N) is 2. The van der Waals surface area contributed by atoms with Crippen molar-refractivity contribution in [1.82, 2.24) is 9.97 Å². The average molecular weight is 510 g/mol. The summed E-state index contributed by atoms with van der Waals surface area (Å²) in [7, 11) is -7.75. The van der Waals surface area contributed by atoms with Crippen molar-refractivity contribution in [3.05, 3.63) is 72.0 Å².